The molecule has 0 aliphatic heterocycles. The lowest BCUT2D eigenvalue weighted by Crippen LogP contribution is -2.38. The molecule has 0 spiro atoms. The predicted molar refractivity (Wildman–Crippen MR) is 94.4 cm³/mol. The maximum atomic E-state index is 12.6. The first-order valence-corrected chi connectivity index (χ1v) is 8.75. The fraction of sp³-hybridized carbons (Fsp3) is 0.389. The first-order chi connectivity index (χ1) is 12.0. The summed E-state index contributed by atoms with van der Waals surface area (Å²) in [5.41, 5.74) is 3.10. The third kappa shape index (κ3) is 3.69. The summed E-state index contributed by atoms with van der Waals surface area (Å²) >= 11 is 5.96. The van der Waals surface area contributed by atoms with Gasteiger partial charge in [-0.05, 0) is 56.9 Å². The molecule has 1 aliphatic rings. The van der Waals surface area contributed by atoms with Crippen LogP contribution in [0, 0.1) is 0 Å². The van der Waals surface area contributed by atoms with E-state index in [2.05, 4.69) is 10.4 Å². The van der Waals surface area contributed by atoms with Crippen molar-refractivity contribution in [2.45, 2.75) is 45.1 Å². The van der Waals surface area contributed by atoms with Crippen LogP contribution in [0.5, 0.6) is 0 Å². The van der Waals surface area contributed by atoms with Crippen molar-refractivity contribution >= 4 is 23.5 Å². The fourth-order valence-electron chi connectivity index (χ4n) is 3.08. The molecule has 6 nitrogen and oxygen atoms in total. The number of carbonyl (C=O) groups excluding carboxylic acids is 1. The van der Waals surface area contributed by atoms with Gasteiger partial charge in [-0.2, -0.15) is 5.10 Å². The van der Waals surface area contributed by atoms with Gasteiger partial charge >= 0.3 is 5.97 Å². The molecule has 0 saturated carbocycles. The van der Waals surface area contributed by atoms with E-state index >= 15 is 0 Å². The van der Waals surface area contributed by atoms with Gasteiger partial charge in [-0.15, -0.1) is 0 Å². The third-order valence-corrected chi connectivity index (χ3v) is 4.69. The minimum atomic E-state index is -1.07. The second kappa shape index (κ2) is 7.27. The monoisotopic (exact) mass is 361 g/mol. The van der Waals surface area contributed by atoms with Gasteiger partial charge < -0.3 is 10.4 Å². The van der Waals surface area contributed by atoms with Crippen LogP contribution in [0.4, 0.5) is 0 Å². The molecule has 7 heteroatoms. The number of aliphatic carboxylic acids is 1. The number of halogens is 1. The van der Waals surface area contributed by atoms with Crippen molar-refractivity contribution < 1.29 is 14.7 Å². The third-order valence-electron chi connectivity index (χ3n) is 4.43. The maximum Gasteiger partial charge on any atom is 0.325 e. The van der Waals surface area contributed by atoms with E-state index in [1.165, 1.54) is 6.92 Å². The van der Waals surface area contributed by atoms with Crippen molar-refractivity contribution in [1.82, 2.24) is 15.1 Å². The lowest BCUT2D eigenvalue weighted by atomic mass is 10.1. The van der Waals surface area contributed by atoms with Crippen LogP contribution >= 0.6 is 11.6 Å². The number of benzene rings is 1. The van der Waals surface area contributed by atoms with E-state index in [-0.39, 0.29) is 0 Å². The Balaban J connectivity index is 2.02. The van der Waals surface area contributed by atoms with E-state index in [9.17, 15) is 9.59 Å². The Hall–Kier alpha value is -2.34. The molecular weight excluding hydrogens is 342 g/mol. The van der Waals surface area contributed by atoms with Crippen LogP contribution in [0.15, 0.2) is 24.3 Å². The smallest absolute Gasteiger partial charge is 0.325 e. The van der Waals surface area contributed by atoms with Gasteiger partial charge in [0.25, 0.3) is 5.91 Å². The van der Waals surface area contributed by atoms with Gasteiger partial charge in [0.05, 0.1) is 5.69 Å². The summed E-state index contributed by atoms with van der Waals surface area (Å²) in [4.78, 5) is 23.6. The largest absolute Gasteiger partial charge is 0.480 e. The molecule has 25 heavy (non-hydrogen) atoms. The number of nitrogens with one attached hydrogen (secondary N) is 1. The summed E-state index contributed by atoms with van der Waals surface area (Å²) in [6.07, 6.45) is 4.74. The van der Waals surface area contributed by atoms with Crippen molar-refractivity contribution in [3.05, 3.63) is 46.2 Å². The summed E-state index contributed by atoms with van der Waals surface area (Å²) in [6.45, 7) is 1.44. The lowest BCUT2D eigenvalue weighted by molar-refractivity contribution is -0.138. The van der Waals surface area contributed by atoms with Crippen LogP contribution in [-0.2, 0) is 17.6 Å². The predicted octanol–water partition coefficient (Wildman–Crippen LogP) is 3.00. The van der Waals surface area contributed by atoms with Gasteiger partial charge in [-0.25, -0.2) is 4.68 Å². The van der Waals surface area contributed by atoms with Gasteiger partial charge in [0.15, 0.2) is 5.69 Å². The average Bonchev–Trinajstić information content (AvgIpc) is 2.77. The molecule has 0 fully saturated rings. The zero-order valence-electron chi connectivity index (χ0n) is 14.0. The molecule has 1 amide bonds. The van der Waals surface area contributed by atoms with Crippen LogP contribution in [0.3, 0.4) is 0 Å². The van der Waals surface area contributed by atoms with Gasteiger partial charge in [-0.1, -0.05) is 18.0 Å². The van der Waals surface area contributed by atoms with Crippen LogP contribution in [-0.4, -0.2) is 32.8 Å². The van der Waals surface area contributed by atoms with Crippen LogP contribution in [0.1, 0.15) is 47.9 Å². The van der Waals surface area contributed by atoms with E-state index in [1.54, 1.807) is 16.8 Å². The number of aromatic nitrogens is 2. The Labute approximate surface area is 150 Å². The van der Waals surface area contributed by atoms with E-state index in [0.717, 1.165) is 49.0 Å². The summed E-state index contributed by atoms with van der Waals surface area (Å²) < 4.78 is 1.79. The summed E-state index contributed by atoms with van der Waals surface area (Å²) in [5, 5.41) is 16.7. The van der Waals surface area contributed by atoms with Crippen LogP contribution in [0.25, 0.3) is 5.69 Å². The molecule has 2 aromatic rings. The highest BCUT2D eigenvalue weighted by molar-refractivity contribution is 6.30. The van der Waals surface area contributed by atoms with E-state index in [1.807, 2.05) is 12.1 Å². The molecule has 132 valence electrons. The number of nitrogens with zero attached hydrogens (tertiary/aromatic N) is 2. The first-order valence-electron chi connectivity index (χ1n) is 8.37. The molecule has 2 N–H and O–H groups in total. The minimum Gasteiger partial charge on any atom is -0.480 e. The molecule has 1 aliphatic carbocycles. The van der Waals surface area contributed by atoms with E-state index in [4.69, 9.17) is 16.7 Å². The highest BCUT2D eigenvalue weighted by Crippen LogP contribution is 2.27. The number of hydrogen-bond acceptors (Lipinski definition) is 3. The second-order valence-corrected chi connectivity index (χ2v) is 6.69. The SMILES string of the molecule is C[C@@H](NC(=O)c1nn(-c2ccc(Cl)cc2)c2c1CCCCC2)C(=O)O. The normalized spacial score (nSPS) is 15.1. The lowest BCUT2D eigenvalue weighted by Gasteiger charge is -2.08. The molecule has 1 heterocycles. The number of carbonyl (C=O) groups is 2. The summed E-state index contributed by atoms with van der Waals surface area (Å²) in [6, 6.07) is 6.33. The zero-order valence-corrected chi connectivity index (χ0v) is 14.7. The Morgan fingerprint density at radius 2 is 1.88 bits per heavy atom. The van der Waals surface area contributed by atoms with Crippen molar-refractivity contribution in [3.8, 4) is 5.69 Å². The quantitative estimate of drug-likeness (QED) is 0.820. The molecule has 1 atom stereocenters. The standard InChI is InChI=1S/C18H20ClN3O3/c1-11(18(24)25)20-17(23)16-14-5-3-2-4-6-15(14)22(21-16)13-9-7-12(19)8-10-13/h7-11H,2-6H2,1H3,(H,20,23)(H,24,25)/t11-/m1/s1. The van der Waals surface area contributed by atoms with Crippen molar-refractivity contribution in [1.29, 1.82) is 0 Å². The summed E-state index contributed by atoms with van der Waals surface area (Å²) in [7, 11) is 0. The maximum absolute atomic E-state index is 12.6. The number of hydrogen-bond donors (Lipinski definition) is 2. The molecule has 0 saturated heterocycles. The Bertz CT molecular complexity index is 799. The number of carboxylic acid groups (broad SMARTS) is 1. The van der Waals surface area contributed by atoms with E-state index < -0.39 is 17.9 Å². The average molecular weight is 362 g/mol. The zero-order chi connectivity index (χ0) is 18.0. The molecule has 3 rings (SSSR count). The molecule has 1 aromatic heterocycles. The molecule has 1 aromatic carbocycles. The fourth-order valence-corrected chi connectivity index (χ4v) is 3.21. The van der Waals surface area contributed by atoms with E-state index in [0.29, 0.717) is 10.7 Å². The van der Waals surface area contributed by atoms with Crippen molar-refractivity contribution in [2.75, 3.05) is 0 Å². The number of fused-ring (bicyclic) bond motifs is 1. The topological polar surface area (TPSA) is 84.2 Å². The Kier molecular flexibility index (Phi) is 5.08. The number of amides is 1. The number of rotatable bonds is 4. The van der Waals surface area contributed by atoms with Crippen LogP contribution in [0.2, 0.25) is 5.02 Å². The molecule has 0 radical (unpaired) electrons. The molecule has 0 unspecified atom stereocenters. The Morgan fingerprint density at radius 3 is 2.56 bits per heavy atom. The summed E-state index contributed by atoms with van der Waals surface area (Å²) in [5.74, 6) is -1.52. The first kappa shape index (κ1) is 17.5. The van der Waals surface area contributed by atoms with Gasteiger partial charge in [0.1, 0.15) is 6.04 Å². The minimum absolute atomic E-state index is 0.319. The van der Waals surface area contributed by atoms with Gasteiger partial charge in [0.2, 0.25) is 0 Å². The van der Waals surface area contributed by atoms with Gasteiger partial charge in [0, 0.05) is 16.3 Å². The highest BCUT2D eigenvalue weighted by Gasteiger charge is 2.26. The van der Waals surface area contributed by atoms with Gasteiger partial charge in [-0.3, -0.25) is 9.59 Å². The van der Waals surface area contributed by atoms with Crippen LogP contribution < -0.4 is 5.32 Å². The number of carboxylic acids is 1. The second-order valence-electron chi connectivity index (χ2n) is 6.26. The Morgan fingerprint density at radius 1 is 1.20 bits per heavy atom. The highest BCUT2D eigenvalue weighted by atomic mass is 35.5. The molecule has 0 bridgehead atoms. The van der Waals surface area contributed by atoms with Crippen molar-refractivity contribution in [2.24, 2.45) is 0 Å². The van der Waals surface area contributed by atoms with Crippen molar-refractivity contribution in [3.63, 3.8) is 0 Å². The molecular formula is C18H20ClN3O3.